The van der Waals surface area contributed by atoms with Crippen LogP contribution in [0.2, 0.25) is 0 Å². The zero-order chi connectivity index (χ0) is 12.6. The van der Waals surface area contributed by atoms with E-state index in [1.54, 1.807) is 6.07 Å². The molecule has 0 bridgehead atoms. The number of halogens is 2. The highest BCUT2D eigenvalue weighted by Gasteiger charge is 2.39. The molecule has 1 aromatic carbocycles. The maximum atomic E-state index is 13.2. The topological polar surface area (TPSA) is 21.7 Å². The Kier molecular flexibility index (Phi) is 2.95. The Hall–Kier alpha value is -1.20. The van der Waals surface area contributed by atoms with Gasteiger partial charge in [-0.2, -0.15) is 0 Å². The Morgan fingerprint density at radius 3 is 2.28 bits per heavy atom. The highest BCUT2D eigenvalue weighted by molar-refractivity contribution is 5.47. The Morgan fingerprint density at radius 1 is 1.00 bits per heavy atom. The van der Waals surface area contributed by atoms with Crippen LogP contribution in [0.1, 0.15) is 12.8 Å². The van der Waals surface area contributed by atoms with E-state index in [0.29, 0.717) is 18.9 Å². The number of anilines is 1. The lowest BCUT2D eigenvalue weighted by Gasteiger charge is -2.38. The van der Waals surface area contributed by atoms with E-state index in [-0.39, 0.29) is 0 Å². The van der Waals surface area contributed by atoms with Gasteiger partial charge in [-0.3, -0.25) is 0 Å². The highest BCUT2D eigenvalue weighted by atomic mass is 19.2. The van der Waals surface area contributed by atoms with Crippen molar-refractivity contribution in [2.75, 3.05) is 31.2 Å². The third kappa shape index (κ3) is 2.08. The van der Waals surface area contributed by atoms with Gasteiger partial charge in [0.2, 0.25) is 0 Å². The normalized spacial score (nSPS) is 22.7. The van der Waals surface area contributed by atoms with Gasteiger partial charge in [0.25, 0.3) is 0 Å². The molecule has 2 heterocycles. The van der Waals surface area contributed by atoms with Crippen LogP contribution in [0, 0.1) is 11.6 Å². The van der Waals surface area contributed by atoms with Crippen molar-refractivity contribution in [1.82, 2.24) is 0 Å². The Bertz CT molecular complexity index is 437. The van der Waals surface area contributed by atoms with Crippen molar-refractivity contribution in [3.63, 3.8) is 0 Å². The van der Waals surface area contributed by atoms with Crippen molar-refractivity contribution in [2.24, 2.45) is 0 Å². The van der Waals surface area contributed by atoms with E-state index in [2.05, 4.69) is 0 Å². The van der Waals surface area contributed by atoms with Gasteiger partial charge in [0.05, 0.1) is 13.2 Å². The first-order chi connectivity index (χ1) is 8.69. The number of piperidine rings is 1. The molecule has 3 nitrogen and oxygen atoms in total. The smallest absolute Gasteiger partial charge is 0.171 e. The molecule has 2 saturated heterocycles. The number of ether oxygens (including phenoxy) is 2. The van der Waals surface area contributed by atoms with Gasteiger partial charge >= 0.3 is 0 Å². The molecule has 1 aromatic rings. The second kappa shape index (κ2) is 4.48. The average molecular weight is 255 g/mol. The molecule has 0 radical (unpaired) electrons. The van der Waals surface area contributed by atoms with Crippen LogP contribution < -0.4 is 4.90 Å². The van der Waals surface area contributed by atoms with E-state index in [0.717, 1.165) is 32.0 Å². The van der Waals surface area contributed by atoms with Gasteiger partial charge in [-0.15, -0.1) is 0 Å². The van der Waals surface area contributed by atoms with Gasteiger partial charge in [0.15, 0.2) is 17.4 Å². The Labute approximate surface area is 104 Å². The maximum absolute atomic E-state index is 13.2. The van der Waals surface area contributed by atoms with E-state index >= 15 is 0 Å². The van der Waals surface area contributed by atoms with Crippen LogP contribution in [0.5, 0.6) is 0 Å². The van der Waals surface area contributed by atoms with Gasteiger partial charge in [-0.1, -0.05) is 0 Å². The summed E-state index contributed by atoms with van der Waals surface area (Å²) in [5, 5.41) is 0. The first-order valence-corrected chi connectivity index (χ1v) is 6.16. The van der Waals surface area contributed by atoms with Crippen molar-refractivity contribution in [1.29, 1.82) is 0 Å². The van der Waals surface area contributed by atoms with Crippen molar-refractivity contribution in [3.8, 4) is 0 Å². The van der Waals surface area contributed by atoms with Crippen LogP contribution in [0.4, 0.5) is 14.5 Å². The summed E-state index contributed by atoms with van der Waals surface area (Å²) < 4.78 is 37.3. The first kappa shape index (κ1) is 11.9. The van der Waals surface area contributed by atoms with Crippen molar-refractivity contribution >= 4 is 5.69 Å². The average Bonchev–Trinajstić information content (AvgIpc) is 2.82. The zero-order valence-electron chi connectivity index (χ0n) is 9.99. The summed E-state index contributed by atoms with van der Waals surface area (Å²) in [5.74, 6) is -2.05. The SMILES string of the molecule is Fc1ccc(N2CCC3(CC2)OCCO3)cc1F. The number of benzene rings is 1. The first-order valence-electron chi connectivity index (χ1n) is 6.16. The third-order valence-corrected chi connectivity index (χ3v) is 3.61. The van der Waals surface area contributed by atoms with E-state index in [1.807, 2.05) is 4.90 Å². The predicted octanol–water partition coefficient (Wildman–Crippen LogP) is 2.31. The second-order valence-corrected chi connectivity index (χ2v) is 4.69. The molecule has 5 heteroatoms. The molecule has 0 unspecified atom stereocenters. The third-order valence-electron chi connectivity index (χ3n) is 3.61. The van der Waals surface area contributed by atoms with Gasteiger partial charge in [-0.25, -0.2) is 8.78 Å². The zero-order valence-corrected chi connectivity index (χ0v) is 9.99. The molecule has 1 spiro atoms. The molecule has 18 heavy (non-hydrogen) atoms. The molecule has 2 aliphatic heterocycles. The lowest BCUT2D eigenvalue weighted by Crippen LogP contribution is -2.45. The molecule has 2 fully saturated rings. The summed E-state index contributed by atoms with van der Waals surface area (Å²) in [6.45, 7) is 2.74. The number of hydrogen-bond donors (Lipinski definition) is 0. The number of nitrogens with zero attached hydrogens (tertiary/aromatic N) is 1. The van der Waals surface area contributed by atoms with Crippen LogP contribution in [0.15, 0.2) is 18.2 Å². The van der Waals surface area contributed by atoms with Gasteiger partial charge in [-0.05, 0) is 12.1 Å². The van der Waals surface area contributed by atoms with Gasteiger partial charge in [0.1, 0.15) is 0 Å². The molecule has 3 rings (SSSR count). The summed E-state index contributed by atoms with van der Waals surface area (Å²) in [4.78, 5) is 2.03. The largest absolute Gasteiger partial charge is 0.371 e. The molecule has 0 N–H and O–H groups in total. The summed E-state index contributed by atoms with van der Waals surface area (Å²) >= 11 is 0. The van der Waals surface area contributed by atoms with Crippen LogP contribution in [-0.2, 0) is 9.47 Å². The minimum absolute atomic E-state index is 0.435. The molecule has 2 aliphatic rings. The lowest BCUT2D eigenvalue weighted by atomic mass is 10.0. The van der Waals surface area contributed by atoms with Crippen LogP contribution in [0.25, 0.3) is 0 Å². The van der Waals surface area contributed by atoms with E-state index in [9.17, 15) is 8.78 Å². The fourth-order valence-corrected chi connectivity index (χ4v) is 2.57. The fraction of sp³-hybridized carbons (Fsp3) is 0.538. The van der Waals surface area contributed by atoms with Crippen molar-refractivity contribution in [3.05, 3.63) is 29.8 Å². The lowest BCUT2D eigenvalue weighted by molar-refractivity contribution is -0.169. The van der Waals surface area contributed by atoms with Crippen LogP contribution >= 0.6 is 0 Å². The fourth-order valence-electron chi connectivity index (χ4n) is 2.57. The molecule has 98 valence electrons. The van der Waals surface area contributed by atoms with E-state index in [4.69, 9.17) is 9.47 Å². The molecular weight excluding hydrogens is 240 g/mol. The second-order valence-electron chi connectivity index (χ2n) is 4.69. The minimum Gasteiger partial charge on any atom is -0.371 e. The number of hydrogen-bond acceptors (Lipinski definition) is 3. The number of rotatable bonds is 1. The quantitative estimate of drug-likeness (QED) is 0.768. The summed E-state index contributed by atoms with van der Waals surface area (Å²) in [6.07, 6.45) is 1.51. The molecule has 0 atom stereocenters. The highest BCUT2D eigenvalue weighted by Crippen LogP contribution is 2.33. The Balaban J connectivity index is 1.70. The van der Waals surface area contributed by atoms with Crippen LogP contribution in [-0.4, -0.2) is 32.1 Å². The summed E-state index contributed by atoms with van der Waals surface area (Å²) in [7, 11) is 0. The van der Waals surface area contributed by atoms with E-state index in [1.165, 1.54) is 6.07 Å². The predicted molar refractivity (Wildman–Crippen MR) is 62.4 cm³/mol. The summed E-state index contributed by atoms with van der Waals surface area (Å²) in [6, 6.07) is 4.01. The molecule has 0 aliphatic carbocycles. The molecule has 0 saturated carbocycles. The molecule has 0 amide bonds. The monoisotopic (exact) mass is 255 g/mol. The Morgan fingerprint density at radius 2 is 1.67 bits per heavy atom. The van der Waals surface area contributed by atoms with E-state index < -0.39 is 17.4 Å². The molecule has 0 aromatic heterocycles. The standard InChI is InChI=1S/C13H15F2NO2/c14-11-2-1-10(9-12(11)15)16-5-3-13(4-6-16)17-7-8-18-13/h1-2,9H,3-8H2. The van der Waals surface area contributed by atoms with Gasteiger partial charge < -0.3 is 14.4 Å². The summed E-state index contributed by atoms with van der Waals surface area (Å²) in [5.41, 5.74) is 0.710. The van der Waals surface area contributed by atoms with Crippen LogP contribution in [0.3, 0.4) is 0 Å². The van der Waals surface area contributed by atoms with Crippen molar-refractivity contribution < 1.29 is 18.3 Å². The molecular formula is C13H15F2NO2. The van der Waals surface area contributed by atoms with Crippen molar-refractivity contribution in [2.45, 2.75) is 18.6 Å². The maximum Gasteiger partial charge on any atom is 0.171 e. The minimum atomic E-state index is -0.810. The van der Waals surface area contributed by atoms with Gasteiger partial charge in [0, 0.05) is 37.7 Å².